The fourth-order valence-corrected chi connectivity index (χ4v) is 1.95. The molecule has 0 aliphatic carbocycles. The number of nitrogens with two attached hydrogens (primary N) is 1. The van der Waals surface area contributed by atoms with Crippen LogP contribution in [0.25, 0.3) is 0 Å². The van der Waals surface area contributed by atoms with Gasteiger partial charge in [-0.2, -0.15) is 5.06 Å². The number of anilines is 1. The molecule has 0 heterocycles. The second-order valence-electron chi connectivity index (χ2n) is 4.93. The molecular weight excluding hydrogens is 318 g/mol. The van der Waals surface area contributed by atoms with Crippen molar-refractivity contribution in [2.45, 2.75) is 32.8 Å². The van der Waals surface area contributed by atoms with Crippen molar-refractivity contribution >= 4 is 34.8 Å². The molecule has 1 rings (SSSR count). The Kier molecular flexibility index (Phi) is 7.60. The number of hydrogen-bond donors (Lipinski definition) is 3. The van der Waals surface area contributed by atoms with Gasteiger partial charge in [0, 0.05) is 18.2 Å². The van der Waals surface area contributed by atoms with Gasteiger partial charge in [-0.3, -0.25) is 14.4 Å². The molecular formula is C15H21N3O4S. The molecule has 0 bridgehead atoms. The number of thiocarbonyl (C=S) groups is 1. The van der Waals surface area contributed by atoms with E-state index < -0.39 is 12.0 Å². The molecule has 1 aromatic carbocycles. The Morgan fingerprint density at radius 2 is 2.00 bits per heavy atom. The van der Waals surface area contributed by atoms with E-state index in [1.165, 1.54) is 19.1 Å². The van der Waals surface area contributed by atoms with Crippen LogP contribution in [-0.4, -0.2) is 39.8 Å². The van der Waals surface area contributed by atoms with Crippen LogP contribution in [0, 0.1) is 0 Å². The van der Waals surface area contributed by atoms with E-state index in [-0.39, 0.29) is 23.2 Å². The number of nitrogens with zero attached hydrogens (tertiary/aromatic N) is 1. The zero-order valence-corrected chi connectivity index (χ0v) is 13.9. The highest BCUT2D eigenvalue weighted by atomic mass is 32.1. The summed E-state index contributed by atoms with van der Waals surface area (Å²) in [5.74, 6) is -0.752. The molecule has 2 amide bonds. The molecule has 23 heavy (non-hydrogen) atoms. The summed E-state index contributed by atoms with van der Waals surface area (Å²) in [7, 11) is 0. The molecule has 0 aliphatic rings. The molecule has 7 nitrogen and oxygen atoms in total. The monoisotopic (exact) mass is 339 g/mol. The number of benzene rings is 1. The Balaban J connectivity index is 2.77. The smallest absolute Gasteiger partial charge is 0.284 e. The highest BCUT2D eigenvalue weighted by molar-refractivity contribution is 7.80. The van der Waals surface area contributed by atoms with E-state index in [1.807, 2.05) is 6.92 Å². The molecule has 0 saturated heterocycles. The summed E-state index contributed by atoms with van der Waals surface area (Å²) in [6.45, 7) is 3.24. The van der Waals surface area contributed by atoms with Gasteiger partial charge in [-0.1, -0.05) is 13.3 Å². The lowest BCUT2D eigenvalue weighted by Crippen LogP contribution is -2.42. The summed E-state index contributed by atoms with van der Waals surface area (Å²) in [5, 5.41) is 12.8. The second kappa shape index (κ2) is 9.19. The number of amides is 2. The van der Waals surface area contributed by atoms with Gasteiger partial charge in [-0.25, -0.2) is 0 Å². The molecule has 0 aromatic heterocycles. The van der Waals surface area contributed by atoms with Crippen molar-refractivity contribution in [3.8, 4) is 0 Å². The van der Waals surface area contributed by atoms with Crippen LogP contribution in [0.5, 0.6) is 0 Å². The van der Waals surface area contributed by atoms with Crippen molar-refractivity contribution < 1.29 is 19.5 Å². The third kappa shape index (κ3) is 6.31. The molecule has 0 aliphatic heterocycles. The molecule has 0 fully saturated rings. The number of aliphatic hydroxyl groups is 1. The number of aliphatic hydroxyl groups excluding tert-OH is 1. The van der Waals surface area contributed by atoms with Crippen LogP contribution in [0.2, 0.25) is 0 Å². The topological polar surface area (TPSA) is 105 Å². The first-order valence-electron chi connectivity index (χ1n) is 7.17. The molecule has 8 heteroatoms. The standard InChI is InChI=1S/C15H21N3O4S/c1-3-4-13(20)9-22-18(15(16)23)14(21)11-5-7-12(8-6-11)17-10(2)19/h5-8,13,20H,3-4,9H2,1-2H3,(H2,16,23)(H,17,19). The fraction of sp³-hybridized carbons (Fsp3) is 0.400. The highest BCUT2D eigenvalue weighted by Gasteiger charge is 2.20. The fourth-order valence-electron chi connectivity index (χ4n) is 1.82. The first-order chi connectivity index (χ1) is 10.8. The highest BCUT2D eigenvalue weighted by Crippen LogP contribution is 2.12. The van der Waals surface area contributed by atoms with Gasteiger partial charge in [0.15, 0.2) is 5.11 Å². The Morgan fingerprint density at radius 1 is 1.39 bits per heavy atom. The summed E-state index contributed by atoms with van der Waals surface area (Å²) in [4.78, 5) is 28.5. The van der Waals surface area contributed by atoms with Gasteiger partial charge in [-0.05, 0) is 42.9 Å². The molecule has 4 N–H and O–H groups in total. The number of hydrogen-bond acceptors (Lipinski definition) is 5. The molecule has 1 aromatic rings. The lowest BCUT2D eigenvalue weighted by Gasteiger charge is -2.21. The summed E-state index contributed by atoms with van der Waals surface area (Å²) < 4.78 is 0. The lowest BCUT2D eigenvalue weighted by molar-refractivity contribution is -0.114. The minimum atomic E-state index is -0.702. The van der Waals surface area contributed by atoms with Crippen molar-refractivity contribution in [2.24, 2.45) is 5.73 Å². The quantitative estimate of drug-likeness (QED) is 0.513. The van der Waals surface area contributed by atoms with Crippen molar-refractivity contribution in [1.82, 2.24) is 5.06 Å². The summed E-state index contributed by atoms with van der Waals surface area (Å²) in [6.07, 6.45) is 0.632. The molecule has 0 radical (unpaired) electrons. The Morgan fingerprint density at radius 3 is 2.48 bits per heavy atom. The van der Waals surface area contributed by atoms with Crippen LogP contribution in [0.3, 0.4) is 0 Å². The van der Waals surface area contributed by atoms with Crippen LogP contribution >= 0.6 is 12.2 Å². The third-order valence-electron chi connectivity index (χ3n) is 2.85. The summed E-state index contributed by atoms with van der Waals surface area (Å²) in [6, 6.07) is 6.20. The minimum Gasteiger partial charge on any atom is -0.391 e. The van der Waals surface area contributed by atoms with E-state index in [0.29, 0.717) is 12.1 Å². The average molecular weight is 339 g/mol. The van der Waals surface area contributed by atoms with Crippen LogP contribution in [0.1, 0.15) is 37.0 Å². The maximum Gasteiger partial charge on any atom is 0.284 e. The Bertz CT molecular complexity index is 562. The predicted octanol–water partition coefficient (Wildman–Crippen LogP) is 1.42. The van der Waals surface area contributed by atoms with Crippen LogP contribution in [0.15, 0.2) is 24.3 Å². The zero-order chi connectivity index (χ0) is 17.4. The summed E-state index contributed by atoms with van der Waals surface area (Å²) in [5.41, 5.74) is 6.36. The van der Waals surface area contributed by atoms with Gasteiger partial charge in [0.1, 0.15) is 6.61 Å². The maximum absolute atomic E-state index is 12.4. The average Bonchev–Trinajstić information content (AvgIpc) is 2.47. The Hall–Kier alpha value is -2.03. The van der Waals surface area contributed by atoms with Crippen molar-refractivity contribution in [3.05, 3.63) is 29.8 Å². The van der Waals surface area contributed by atoms with E-state index in [4.69, 9.17) is 22.8 Å². The SMILES string of the molecule is CCCC(O)CON(C(=O)c1ccc(NC(C)=O)cc1)C(N)=S. The van der Waals surface area contributed by atoms with Gasteiger partial charge >= 0.3 is 0 Å². The first kappa shape index (κ1) is 19.0. The van der Waals surface area contributed by atoms with Crippen molar-refractivity contribution in [3.63, 3.8) is 0 Å². The number of hydroxylamine groups is 2. The van der Waals surface area contributed by atoms with Gasteiger partial charge in [0.05, 0.1) is 6.10 Å². The lowest BCUT2D eigenvalue weighted by atomic mass is 10.2. The minimum absolute atomic E-state index is 0.0824. The van der Waals surface area contributed by atoms with E-state index in [1.54, 1.807) is 12.1 Å². The van der Waals surface area contributed by atoms with Crippen molar-refractivity contribution in [1.29, 1.82) is 0 Å². The number of carbonyl (C=O) groups excluding carboxylic acids is 2. The van der Waals surface area contributed by atoms with Crippen LogP contribution in [0.4, 0.5) is 5.69 Å². The largest absolute Gasteiger partial charge is 0.391 e. The van der Waals surface area contributed by atoms with E-state index in [2.05, 4.69) is 5.32 Å². The number of rotatable bonds is 7. The maximum atomic E-state index is 12.4. The second-order valence-corrected chi connectivity index (χ2v) is 5.35. The molecule has 0 saturated carbocycles. The number of carbonyl (C=O) groups is 2. The van der Waals surface area contributed by atoms with Gasteiger partial charge < -0.3 is 16.2 Å². The normalized spacial score (nSPS) is 11.6. The van der Waals surface area contributed by atoms with Gasteiger partial charge in [-0.15, -0.1) is 0 Å². The van der Waals surface area contributed by atoms with Gasteiger partial charge in [0.25, 0.3) is 5.91 Å². The van der Waals surface area contributed by atoms with Crippen LogP contribution in [-0.2, 0) is 9.63 Å². The first-order valence-corrected chi connectivity index (χ1v) is 7.58. The van der Waals surface area contributed by atoms with Gasteiger partial charge in [0.2, 0.25) is 5.91 Å². The number of nitrogens with one attached hydrogen (secondary N) is 1. The van der Waals surface area contributed by atoms with Crippen molar-refractivity contribution in [2.75, 3.05) is 11.9 Å². The predicted molar refractivity (Wildman–Crippen MR) is 90.6 cm³/mol. The zero-order valence-electron chi connectivity index (χ0n) is 13.1. The molecule has 1 unspecified atom stereocenters. The Labute approximate surface area is 140 Å². The van der Waals surface area contributed by atoms with Crippen LogP contribution < -0.4 is 11.1 Å². The molecule has 1 atom stereocenters. The third-order valence-corrected chi connectivity index (χ3v) is 3.02. The van der Waals surface area contributed by atoms with E-state index >= 15 is 0 Å². The molecule has 126 valence electrons. The van der Waals surface area contributed by atoms with E-state index in [0.717, 1.165) is 11.5 Å². The van der Waals surface area contributed by atoms with E-state index in [9.17, 15) is 14.7 Å². The summed E-state index contributed by atoms with van der Waals surface area (Å²) >= 11 is 4.81. The molecule has 0 spiro atoms.